The third kappa shape index (κ3) is 2.97. The number of hydrogen-bond donors (Lipinski definition) is 3. The van der Waals surface area contributed by atoms with Crippen molar-refractivity contribution in [3.8, 4) is 0 Å². The van der Waals surface area contributed by atoms with Crippen LogP contribution in [-0.4, -0.2) is 32.0 Å². The Labute approximate surface area is 128 Å². The van der Waals surface area contributed by atoms with E-state index in [0.29, 0.717) is 11.5 Å². The fourth-order valence-corrected chi connectivity index (χ4v) is 3.87. The van der Waals surface area contributed by atoms with E-state index in [0.717, 1.165) is 30.9 Å². The van der Waals surface area contributed by atoms with Crippen LogP contribution in [0.1, 0.15) is 46.2 Å². The van der Waals surface area contributed by atoms with Crippen LogP contribution in [0.2, 0.25) is 0 Å². The Morgan fingerprint density at radius 2 is 2.19 bits per heavy atom. The van der Waals surface area contributed by atoms with Crippen LogP contribution in [-0.2, 0) is 0 Å². The first-order valence-corrected chi connectivity index (χ1v) is 8.00. The van der Waals surface area contributed by atoms with Gasteiger partial charge in [-0.1, -0.05) is 13.3 Å². The van der Waals surface area contributed by atoms with Gasteiger partial charge in [-0.2, -0.15) is 0 Å². The second-order valence-corrected chi connectivity index (χ2v) is 6.33. The summed E-state index contributed by atoms with van der Waals surface area (Å²) in [4.78, 5) is 26.1. The van der Waals surface area contributed by atoms with Crippen LogP contribution in [0.3, 0.4) is 0 Å². The third-order valence-corrected chi connectivity index (χ3v) is 5.27. The van der Waals surface area contributed by atoms with E-state index in [1.54, 1.807) is 7.05 Å². The highest BCUT2D eigenvalue weighted by molar-refractivity contribution is 7.19. The fourth-order valence-electron chi connectivity index (χ4n) is 2.76. The zero-order valence-electron chi connectivity index (χ0n) is 12.4. The van der Waals surface area contributed by atoms with Gasteiger partial charge in [0.25, 0.3) is 11.8 Å². The van der Waals surface area contributed by atoms with Gasteiger partial charge in [0, 0.05) is 20.1 Å². The molecule has 0 aliphatic carbocycles. The largest absolute Gasteiger partial charge is 0.397 e. The van der Waals surface area contributed by atoms with Crippen LogP contribution in [0.15, 0.2) is 0 Å². The molecule has 1 fully saturated rings. The first-order chi connectivity index (χ1) is 9.99. The van der Waals surface area contributed by atoms with Gasteiger partial charge in [0.2, 0.25) is 0 Å². The average Bonchev–Trinajstić information content (AvgIpc) is 2.84. The Balaban J connectivity index is 2.44. The highest BCUT2D eigenvalue weighted by Gasteiger charge is 2.29. The number of anilines is 2. The van der Waals surface area contributed by atoms with Crippen LogP contribution in [0.5, 0.6) is 0 Å². The van der Waals surface area contributed by atoms with Gasteiger partial charge in [-0.15, -0.1) is 11.3 Å². The number of thiophene rings is 1. The van der Waals surface area contributed by atoms with E-state index in [9.17, 15) is 9.59 Å². The van der Waals surface area contributed by atoms with Gasteiger partial charge in [0.15, 0.2) is 0 Å². The van der Waals surface area contributed by atoms with Crippen molar-refractivity contribution in [1.29, 1.82) is 0 Å². The Bertz CT molecular complexity index is 555. The minimum atomic E-state index is -0.585. The van der Waals surface area contributed by atoms with E-state index < -0.39 is 5.91 Å². The van der Waals surface area contributed by atoms with Crippen molar-refractivity contribution in [1.82, 2.24) is 5.32 Å². The summed E-state index contributed by atoms with van der Waals surface area (Å²) in [6.45, 7) is 3.93. The van der Waals surface area contributed by atoms with Crippen molar-refractivity contribution >= 4 is 33.8 Å². The molecule has 5 N–H and O–H groups in total. The molecule has 1 aliphatic rings. The Morgan fingerprint density at radius 1 is 1.48 bits per heavy atom. The van der Waals surface area contributed by atoms with Crippen molar-refractivity contribution in [2.45, 2.75) is 26.2 Å². The maximum absolute atomic E-state index is 12.1. The SMILES string of the molecule is CCC1CCCN(c2sc(C(N)=O)c(N)c2C(=O)NC)C1. The number of piperidine rings is 1. The minimum absolute atomic E-state index is 0.195. The molecule has 2 heterocycles. The molecule has 1 aromatic rings. The monoisotopic (exact) mass is 310 g/mol. The molecule has 7 heteroatoms. The molecule has 1 unspecified atom stereocenters. The van der Waals surface area contributed by atoms with Crippen molar-refractivity contribution in [2.75, 3.05) is 30.8 Å². The van der Waals surface area contributed by atoms with Gasteiger partial charge >= 0.3 is 0 Å². The molecule has 1 saturated heterocycles. The lowest BCUT2D eigenvalue weighted by Gasteiger charge is -2.33. The summed E-state index contributed by atoms with van der Waals surface area (Å²) >= 11 is 1.22. The van der Waals surface area contributed by atoms with E-state index in [2.05, 4.69) is 17.1 Å². The van der Waals surface area contributed by atoms with E-state index >= 15 is 0 Å². The Hall–Kier alpha value is -1.76. The Morgan fingerprint density at radius 3 is 2.76 bits per heavy atom. The second-order valence-electron chi connectivity index (χ2n) is 5.33. The number of amides is 2. The molecule has 0 radical (unpaired) electrons. The van der Waals surface area contributed by atoms with Crippen LogP contribution in [0.25, 0.3) is 0 Å². The lowest BCUT2D eigenvalue weighted by atomic mass is 9.95. The van der Waals surface area contributed by atoms with Gasteiger partial charge in [0.1, 0.15) is 9.88 Å². The maximum atomic E-state index is 12.1. The molecule has 1 atom stereocenters. The fraction of sp³-hybridized carbons (Fsp3) is 0.571. The van der Waals surface area contributed by atoms with Crippen LogP contribution < -0.4 is 21.7 Å². The predicted octanol–water partition coefficient (Wildman–Crippen LogP) is 1.42. The number of primary amides is 1. The van der Waals surface area contributed by atoms with Crippen molar-refractivity contribution < 1.29 is 9.59 Å². The van der Waals surface area contributed by atoms with Gasteiger partial charge in [-0.3, -0.25) is 9.59 Å². The average molecular weight is 310 g/mol. The van der Waals surface area contributed by atoms with Crippen molar-refractivity contribution in [3.63, 3.8) is 0 Å². The van der Waals surface area contributed by atoms with Crippen molar-refractivity contribution in [3.05, 3.63) is 10.4 Å². The lowest BCUT2D eigenvalue weighted by Crippen LogP contribution is -2.36. The lowest BCUT2D eigenvalue weighted by molar-refractivity contribution is 0.0964. The standard InChI is InChI=1S/C14H22N4O2S/c1-3-8-5-4-6-18(7-8)14-9(13(20)17-2)10(15)11(21-14)12(16)19/h8H,3-7,15H2,1-2H3,(H2,16,19)(H,17,20). The number of rotatable bonds is 4. The molecule has 21 heavy (non-hydrogen) atoms. The van der Waals surface area contributed by atoms with Gasteiger partial charge in [0.05, 0.1) is 11.3 Å². The molecule has 6 nitrogen and oxygen atoms in total. The molecule has 116 valence electrons. The summed E-state index contributed by atoms with van der Waals surface area (Å²) in [5.74, 6) is -0.250. The third-order valence-electron chi connectivity index (χ3n) is 3.99. The van der Waals surface area contributed by atoms with E-state index in [-0.39, 0.29) is 16.5 Å². The number of nitrogens with zero attached hydrogens (tertiary/aromatic N) is 1. The number of nitrogens with one attached hydrogen (secondary N) is 1. The minimum Gasteiger partial charge on any atom is -0.397 e. The number of nitrogen functional groups attached to an aromatic ring is 1. The highest BCUT2D eigenvalue weighted by Crippen LogP contribution is 2.40. The maximum Gasteiger partial charge on any atom is 0.260 e. The van der Waals surface area contributed by atoms with E-state index in [1.807, 2.05) is 0 Å². The summed E-state index contributed by atoms with van der Waals surface area (Å²) in [7, 11) is 1.55. The second kappa shape index (κ2) is 6.34. The zero-order valence-corrected chi connectivity index (χ0v) is 13.3. The topological polar surface area (TPSA) is 101 Å². The van der Waals surface area contributed by atoms with Crippen LogP contribution in [0, 0.1) is 5.92 Å². The highest BCUT2D eigenvalue weighted by atomic mass is 32.1. The van der Waals surface area contributed by atoms with Gasteiger partial charge < -0.3 is 21.7 Å². The molecular weight excluding hydrogens is 288 g/mol. The summed E-state index contributed by atoms with van der Waals surface area (Å²) in [5, 5.41) is 3.35. The molecule has 2 rings (SSSR count). The summed E-state index contributed by atoms with van der Waals surface area (Å²) < 4.78 is 0. The molecule has 1 aromatic heterocycles. The summed E-state index contributed by atoms with van der Waals surface area (Å²) in [6.07, 6.45) is 3.39. The number of carbonyl (C=O) groups excluding carboxylic acids is 2. The summed E-state index contributed by atoms with van der Waals surface area (Å²) in [5.41, 5.74) is 11.9. The van der Waals surface area contributed by atoms with E-state index in [4.69, 9.17) is 11.5 Å². The number of hydrogen-bond acceptors (Lipinski definition) is 5. The first kappa shape index (κ1) is 15.6. The zero-order chi connectivity index (χ0) is 15.6. The van der Waals surface area contributed by atoms with E-state index in [1.165, 1.54) is 17.8 Å². The van der Waals surface area contributed by atoms with Crippen molar-refractivity contribution in [2.24, 2.45) is 11.7 Å². The quantitative estimate of drug-likeness (QED) is 0.782. The smallest absolute Gasteiger partial charge is 0.260 e. The van der Waals surface area contributed by atoms with Crippen LogP contribution in [0.4, 0.5) is 10.7 Å². The molecule has 1 aliphatic heterocycles. The van der Waals surface area contributed by atoms with Gasteiger partial charge in [-0.25, -0.2) is 0 Å². The molecular formula is C14H22N4O2S. The Kier molecular flexibility index (Phi) is 4.72. The normalized spacial score (nSPS) is 18.6. The predicted molar refractivity (Wildman–Crippen MR) is 85.9 cm³/mol. The molecule has 0 saturated carbocycles. The van der Waals surface area contributed by atoms with Gasteiger partial charge in [-0.05, 0) is 18.8 Å². The number of carbonyl (C=O) groups is 2. The molecule has 0 aromatic carbocycles. The molecule has 0 spiro atoms. The first-order valence-electron chi connectivity index (χ1n) is 7.18. The molecule has 2 amide bonds. The molecule has 0 bridgehead atoms. The van der Waals surface area contributed by atoms with Crippen LogP contribution >= 0.6 is 11.3 Å². The summed E-state index contributed by atoms with van der Waals surface area (Å²) in [6, 6.07) is 0. The number of nitrogens with two attached hydrogens (primary N) is 2.